The lowest BCUT2D eigenvalue weighted by molar-refractivity contribution is 0.302. The molecule has 0 spiro atoms. The number of pyridine rings is 1. The number of benzene rings is 1. The minimum absolute atomic E-state index is 0.569. The first-order valence-electron chi connectivity index (χ1n) is 6.04. The summed E-state index contributed by atoms with van der Waals surface area (Å²) in [5, 5.41) is 0. The molecule has 1 heterocycles. The first-order chi connectivity index (χ1) is 8.75. The summed E-state index contributed by atoms with van der Waals surface area (Å²) in [6, 6.07) is 12.0. The molecule has 0 saturated heterocycles. The van der Waals surface area contributed by atoms with Crippen molar-refractivity contribution in [3.8, 4) is 5.75 Å². The van der Waals surface area contributed by atoms with Crippen molar-refractivity contribution in [3.63, 3.8) is 0 Å². The standard InChI is InChI=1S/C13H12BrNO.C2H6/c1-10-13(7-12(14)8-15-10)16-9-11-5-3-2-4-6-11;1-2/h2-8H,9H2,1H3;1-2H3. The minimum Gasteiger partial charge on any atom is -0.487 e. The van der Waals surface area contributed by atoms with Gasteiger partial charge < -0.3 is 4.74 Å². The van der Waals surface area contributed by atoms with Crippen molar-refractivity contribution in [3.05, 3.63) is 58.3 Å². The third-order valence-electron chi connectivity index (χ3n) is 2.24. The van der Waals surface area contributed by atoms with E-state index in [2.05, 4.69) is 20.9 Å². The van der Waals surface area contributed by atoms with E-state index in [-0.39, 0.29) is 0 Å². The fraction of sp³-hybridized carbons (Fsp3) is 0.267. The second-order valence-corrected chi connectivity index (χ2v) is 4.43. The van der Waals surface area contributed by atoms with E-state index >= 15 is 0 Å². The minimum atomic E-state index is 0.569. The number of hydrogen-bond acceptors (Lipinski definition) is 2. The molecule has 2 aromatic rings. The second kappa shape index (κ2) is 7.88. The van der Waals surface area contributed by atoms with Crippen molar-refractivity contribution in [2.45, 2.75) is 27.4 Å². The molecule has 0 unspecified atom stereocenters. The summed E-state index contributed by atoms with van der Waals surface area (Å²) in [4.78, 5) is 4.22. The van der Waals surface area contributed by atoms with E-state index in [0.29, 0.717) is 6.61 Å². The summed E-state index contributed by atoms with van der Waals surface area (Å²) in [5.74, 6) is 0.818. The Bertz CT molecular complexity index is 471. The third-order valence-corrected chi connectivity index (χ3v) is 2.68. The van der Waals surface area contributed by atoms with Crippen LogP contribution < -0.4 is 4.74 Å². The highest BCUT2D eigenvalue weighted by Crippen LogP contribution is 2.21. The topological polar surface area (TPSA) is 22.1 Å². The molecule has 96 valence electrons. The van der Waals surface area contributed by atoms with Crippen molar-refractivity contribution >= 4 is 15.9 Å². The van der Waals surface area contributed by atoms with Crippen LogP contribution >= 0.6 is 15.9 Å². The van der Waals surface area contributed by atoms with E-state index in [9.17, 15) is 0 Å². The zero-order valence-electron chi connectivity index (χ0n) is 11.0. The molecule has 0 amide bonds. The van der Waals surface area contributed by atoms with Crippen LogP contribution in [0.4, 0.5) is 0 Å². The molecule has 0 aliphatic heterocycles. The molecule has 0 atom stereocenters. The molecule has 0 radical (unpaired) electrons. The molecular weight excluding hydrogens is 290 g/mol. The number of halogens is 1. The molecule has 0 fully saturated rings. The monoisotopic (exact) mass is 307 g/mol. The van der Waals surface area contributed by atoms with Gasteiger partial charge in [0, 0.05) is 10.7 Å². The Labute approximate surface area is 117 Å². The summed E-state index contributed by atoms with van der Waals surface area (Å²) >= 11 is 3.38. The number of aromatic nitrogens is 1. The molecule has 18 heavy (non-hydrogen) atoms. The molecule has 0 aliphatic rings. The van der Waals surface area contributed by atoms with Gasteiger partial charge in [-0.05, 0) is 34.5 Å². The molecule has 2 rings (SSSR count). The highest BCUT2D eigenvalue weighted by Gasteiger charge is 2.01. The maximum atomic E-state index is 5.71. The average Bonchev–Trinajstić information content (AvgIpc) is 2.43. The first-order valence-corrected chi connectivity index (χ1v) is 6.84. The smallest absolute Gasteiger partial charge is 0.142 e. The Morgan fingerprint density at radius 3 is 2.50 bits per heavy atom. The summed E-state index contributed by atoms with van der Waals surface area (Å²) in [5.41, 5.74) is 2.06. The van der Waals surface area contributed by atoms with Crippen LogP contribution in [0.25, 0.3) is 0 Å². The molecule has 0 aliphatic carbocycles. The Balaban J connectivity index is 0.000000771. The predicted molar refractivity (Wildman–Crippen MR) is 78.8 cm³/mol. The normalized spacial score (nSPS) is 9.33. The van der Waals surface area contributed by atoms with Gasteiger partial charge in [0.1, 0.15) is 12.4 Å². The van der Waals surface area contributed by atoms with Gasteiger partial charge in [0.05, 0.1) is 5.69 Å². The van der Waals surface area contributed by atoms with Crippen LogP contribution in [0, 0.1) is 6.92 Å². The van der Waals surface area contributed by atoms with Crippen LogP contribution in [0.1, 0.15) is 25.1 Å². The van der Waals surface area contributed by atoms with Crippen molar-refractivity contribution in [2.75, 3.05) is 0 Å². The first kappa shape index (κ1) is 14.7. The van der Waals surface area contributed by atoms with Gasteiger partial charge in [0.2, 0.25) is 0 Å². The number of nitrogens with zero attached hydrogens (tertiary/aromatic N) is 1. The maximum Gasteiger partial charge on any atom is 0.142 e. The van der Waals surface area contributed by atoms with E-state index in [1.165, 1.54) is 0 Å². The fourth-order valence-corrected chi connectivity index (χ4v) is 1.68. The zero-order valence-corrected chi connectivity index (χ0v) is 12.6. The Morgan fingerprint density at radius 1 is 1.17 bits per heavy atom. The summed E-state index contributed by atoms with van der Waals surface area (Å²) in [7, 11) is 0. The Morgan fingerprint density at radius 2 is 1.83 bits per heavy atom. The molecule has 0 bridgehead atoms. The van der Waals surface area contributed by atoms with Gasteiger partial charge in [0.15, 0.2) is 0 Å². The van der Waals surface area contributed by atoms with Gasteiger partial charge in [-0.2, -0.15) is 0 Å². The number of aryl methyl sites for hydroxylation is 1. The molecule has 1 aromatic carbocycles. The molecule has 2 nitrogen and oxygen atoms in total. The van der Waals surface area contributed by atoms with E-state index in [1.54, 1.807) is 6.20 Å². The SMILES string of the molecule is CC.Cc1ncc(Br)cc1OCc1ccccc1. The summed E-state index contributed by atoms with van der Waals surface area (Å²) in [6.45, 7) is 6.51. The number of ether oxygens (including phenoxy) is 1. The fourth-order valence-electron chi connectivity index (χ4n) is 1.37. The van der Waals surface area contributed by atoms with Crippen LogP contribution in [-0.4, -0.2) is 4.98 Å². The van der Waals surface area contributed by atoms with E-state index in [4.69, 9.17) is 4.74 Å². The quantitative estimate of drug-likeness (QED) is 0.815. The highest BCUT2D eigenvalue weighted by atomic mass is 79.9. The van der Waals surface area contributed by atoms with Crippen LogP contribution in [-0.2, 0) is 6.61 Å². The lowest BCUT2D eigenvalue weighted by Crippen LogP contribution is -1.97. The summed E-state index contributed by atoms with van der Waals surface area (Å²) in [6.07, 6.45) is 1.77. The largest absolute Gasteiger partial charge is 0.487 e. The van der Waals surface area contributed by atoms with Gasteiger partial charge in [-0.15, -0.1) is 0 Å². The lowest BCUT2D eigenvalue weighted by atomic mass is 10.2. The van der Waals surface area contributed by atoms with Crippen molar-refractivity contribution < 1.29 is 4.74 Å². The van der Waals surface area contributed by atoms with E-state index in [0.717, 1.165) is 21.5 Å². The highest BCUT2D eigenvalue weighted by molar-refractivity contribution is 9.10. The molecule has 3 heteroatoms. The van der Waals surface area contributed by atoms with Crippen LogP contribution in [0.2, 0.25) is 0 Å². The molecule has 0 N–H and O–H groups in total. The summed E-state index contributed by atoms with van der Waals surface area (Å²) < 4.78 is 6.64. The van der Waals surface area contributed by atoms with Gasteiger partial charge >= 0.3 is 0 Å². The molecule has 0 saturated carbocycles. The van der Waals surface area contributed by atoms with Crippen LogP contribution in [0.15, 0.2) is 47.1 Å². The van der Waals surface area contributed by atoms with Crippen molar-refractivity contribution in [1.82, 2.24) is 4.98 Å². The average molecular weight is 308 g/mol. The molecule has 1 aromatic heterocycles. The van der Waals surface area contributed by atoms with E-state index < -0.39 is 0 Å². The number of hydrogen-bond donors (Lipinski definition) is 0. The zero-order chi connectivity index (χ0) is 13.4. The maximum absolute atomic E-state index is 5.71. The Hall–Kier alpha value is -1.35. The van der Waals surface area contributed by atoms with Crippen molar-refractivity contribution in [2.24, 2.45) is 0 Å². The second-order valence-electron chi connectivity index (χ2n) is 3.51. The van der Waals surface area contributed by atoms with Crippen LogP contribution in [0.3, 0.4) is 0 Å². The van der Waals surface area contributed by atoms with Crippen LogP contribution in [0.5, 0.6) is 5.75 Å². The molecular formula is C15H18BrNO. The van der Waals surface area contributed by atoms with E-state index in [1.807, 2.05) is 57.2 Å². The Kier molecular flexibility index (Phi) is 6.44. The predicted octanol–water partition coefficient (Wildman–Crippen LogP) is 4.76. The number of rotatable bonds is 3. The van der Waals surface area contributed by atoms with Gasteiger partial charge in [-0.1, -0.05) is 44.2 Å². The third kappa shape index (κ3) is 4.49. The van der Waals surface area contributed by atoms with Crippen molar-refractivity contribution in [1.29, 1.82) is 0 Å². The van der Waals surface area contributed by atoms with Gasteiger partial charge in [-0.3, -0.25) is 4.98 Å². The lowest BCUT2D eigenvalue weighted by Gasteiger charge is -2.08. The van der Waals surface area contributed by atoms with Gasteiger partial charge in [0.25, 0.3) is 0 Å². The van der Waals surface area contributed by atoms with Gasteiger partial charge in [-0.25, -0.2) is 0 Å².